The minimum absolute atomic E-state index is 0.115. The van der Waals surface area contributed by atoms with Crippen molar-refractivity contribution in [2.75, 3.05) is 33.7 Å². The third-order valence-electron chi connectivity index (χ3n) is 8.57. The van der Waals surface area contributed by atoms with Crippen molar-refractivity contribution in [2.45, 2.75) is 98.0 Å². The summed E-state index contributed by atoms with van der Waals surface area (Å²) in [5, 5.41) is 10.6. The van der Waals surface area contributed by atoms with Gasteiger partial charge in [0.1, 0.15) is 0 Å². The summed E-state index contributed by atoms with van der Waals surface area (Å²) in [6.45, 7) is 17.3. The maximum Gasteiger partial charge on any atom is 0.0780 e. The molecular weight excluding hydrogens is 334 g/mol. The second-order valence-electron chi connectivity index (χ2n) is 9.68. The van der Waals surface area contributed by atoms with Crippen LogP contribution in [-0.4, -0.2) is 77.9 Å². The predicted octanol–water partition coefficient (Wildman–Crippen LogP) is 3.89. The first-order valence-corrected chi connectivity index (χ1v) is 11.6. The average molecular weight is 382 g/mol. The molecule has 0 radical (unpaired) electrons. The van der Waals surface area contributed by atoms with Gasteiger partial charge in [0.25, 0.3) is 0 Å². The Labute approximate surface area is 169 Å². The summed E-state index contributed by atoms with van der Waals surface area (Å²) in [5.41, 5.74) is 0.115. The van der Waals surface area contributed by atoms with Gasteiger partial charge in [0, 0.05) is 25.2 Å². The summed E-state index contributed by atoms with van der Waals surface area (Å²) in [6, 6.07) is 1.14. The third-order valence-corrected chi connectivity index (χ3v) is 8.57. The smallest absolute Gasteiger partial charge is 0.0780 e. The number of nitrogens with zero attached hydrogens (tertiary/aromatic N) is 3. The summed E-state index contributed by atoms with van der Waals surface area (Å²) in [4.78, 5) is 7.92. The molecule has 1 aliphatic carbocycles. The lowest BCUT2D eigenvalue weighted by Crippen LogP contribution is -2.65. The zero-order valence-corrected chi connectivity index (χ0v) is 19.4. The summed E-state index contributed by atoms with van der Waals surface area (Å²) in [6.07, 6.45) is 6.17. The van der Waals surface area contributed by atoms with Crippen molar-refractivity contribution in [3.8, 4) is 0 Å². The van der Waals surface area contributed by atoms with Crippen LogP contribution in [0.5, 0.6) is 0 Å². The highest BCUT2D eigenvalue weighted by Gasteiger charge is 2.45. The lowest BCUT2D eigenvalue weighted by Gasteiger charge is -2.54. The fraction of sp³-hybridized carbons (Fsp3) is 1.00. The molecule has 7 unspecified atom stereocenters. The Bertz CT molecular complexity index is 457. The van der Waals surface area contributed by atoms with Crippen LogP contribution < -0.4 is 0 Å². The molecule has 1 saturated heterocycles. The van der Waals surface area contributed by atoms with Crippen LogP contribution in [0.25, 0.3) is 0 Å². The molecule has 1 aliphatic heterocycles. The fourth-order valence-electron chi connectivity index (χ4n) is 6.20. The molecule has 0 amide bonds. The van der Waals surface area contributed by atoms with Crippen molar-refractivity contribution in [3.05, 3.63) is 0 Å². The van der Waals surface area contributed by atoms with Gasteiger partial charge in [-0.3, -0.25) is 14.7 Å². The van der Waals surface area contributed by atoms with E-state index in [0.717, 1.165) is 25.4 Å². The highest BCUT2D eigenvalue weighted by molar-refractivity contribution is 4.97. The molecule has 2 fully saturated rings. The molecule has 0 aromatic rings. The maximum atomic E-state index is 10.6. The molecule has 2 rings (SSSR count). The van der Waals surface area contributed by atoms with Crippen LogP contribution in [0.3, 0.4) is 0 Å². The average Bonchev–Trinajstić information content (AvgIpc) is 2.66. The predicted molar refractivity (Wildman–Crippen MR) is 116 cm³/mol. The Morgan fingerprint density at radius 3 is 2.37 bits per heavy atom. The van der Waals surface area contributed by atoms with Gasteiger partial charge in [-0.2, -0.15) is 0 Å². The quantitative estimate of drug-likeness (QED) is 0.724. The largest absolute Gasteiger partial charge is 0.393 e. The van der Waals surface area contributed by atoms with E-state index in [2.05, 4.69) is 63.4 Å². The van der Waals surface area contributed by atoms with Crippen molar-refractivity contribution in [3.63, 3.8) is 0 Å². The summed E-state index contributed by atoms with van der Waals surface area (Å²) >= 11 is 0. The van der Waals surface area contributed by atoms with E-state index >= 15 is 0 Å². The minimum Gasteiger partial charge on any atom is -0.393 e. The van der Waals surface area contributed by atoms with E-state index in [9.17, 15) is 5.11 Å². The monoisotopic (exact) mass is 381 g/mol. The molecule has 4 nitrogen and oxygen atoms in total. The molecule has 160 valence electrons. The standard InChI is InChI=1S/C23H47N3O/c1-9-21-22(24(7)14-15-26(21)11-3)25(8)18(5)20-16-23(10-2,19(6)27)13-12-17(20)4/h17-22,27H,9-16H2,1-8H3. The number of likely N-dealkylation sites (N-methyl/N-ethyl adjacent to an activating group) is 3. The van der Waals surface area contributed by atoms with Crippen LogP contribution in [0.15, 0.2) is 0 Å². The van der Waals surface area contributed by atoms with Crippen LogP contribution in [-0.2, 0) is 0 Å². The van der Waals surface area contributed by atoms with Gasteiger partial charge in [-0.1, -0.05) is 27.7 Å². The van der Waals surface area contributed by atoms with E-state index in [1.165, 1.54) is 32.2 Å². The molecule has 0 aromatic heterocycles. The molecule has 1 N–H and O–H groups in total. The van der Waals surface area contributed by atoms with Crippen molar-refractivity contribution < 1.29 is 5.11 Å². The van der Waals surface area contributed by atoms with Gasteiger partial charge in [0.2, 0.25) is 0 Å². The molecule has 1 saturated carbocycles. The number of aliphatic hydroxyl groups excluding tert-OH is 1. The van der Waals surface area contributed by atoms with E-state index in [-0.39, 0.29) is 11.5 Å². The van der Waals surface area contributed by atoms with E-state index < -0.39 is 0 Å². The van der Waals surface area contributed by atoms with E-state index in [0.29, 0.717) is 24.2 Å². The van der Waals surface area contributed by atoms with Crippen molar-refractivity contribution in [1.82, 2.24) is 14.7 Å². The van der Waals surface area contributed by atoms with Crippen LogP contribution in [0, 0.1) is 17.3 Å². The van der Waals surface area contributed by atoms with Crippen molar-refractivity contribution in [2.24, 2.45) is 17.3 Å². The number of rotatable bonds is 7. The van der Waals surface area contributed by atoms with Crippen LogP contribution in [0.1, 0.15) is 73.6 Å². The van der Waals surface area contributed by atoms with E-state index in [4.69, 9.17) is 0 Å². The maximum absolute atomic E-state index is 10.6. The van der Waals surface area contributed by atoms with Crippen molar-refractivity contribution in [1.29, 1.82) is 0 Å². The molecular formula is C23H47N3O. The van der Waals surface area contributed by atoms with Gasteiger partial charge < -0.3 is 5.11 Å². The normalized spacial score (nSPS) is 38.9. The third kappa shape index (κ3) is 4.55. The van der Waals surface area contributed by atoms with Crippen molar-refractivity contribution >= 4 is 0 Å². The van der Waals surface area contributed by atoms with E-state index in [1.54, 1.807) is 0 Å². The zero-order valence-electron chi connectivity index (χ0n) is 19.4. The molecule has 27 heavy (non-hydrogen) atoms. The molecule has 0 spiro atoms. The van der Waals surface area contributed by atoms with Gasteiger partial charge >= 0.3 is 0 Å². The number of aliphatic hydroxyl groups is 1. The Morgan fingerprint density at radius 1 is 1.19 bits per heavy atom. The number of piperazine rings is 1. The molecule has 2 aliphatic rings. The number of hydrogen-bond donors (Lipinski definition) is 1. The second-order valence-corrected chi connectivity index (χ2v) is 9.68. The minimum atomic E-state index is -0.202. The first kappa shape index (κ1) is 23.1. The molecule has 1 heterocycles. The Hall–Kier alpha value is -0.160. The SMILES string of the molecule is CCC1C(N(C)C(C)C2CC(CC)(C(C)O)CCC2C)N(C)CCN1CC. The lowest BCUT2D eigenvalue weighted by atomic mass is 9.60. The molecule has 7 atom stereocenters. The van der Waals surface area contributed by atoms with Gasteiger partial charge in [-0.05, 0) is 83.8 Å². The van der Waals surface area contributed by atoms with Gasteiger partial charge in [0.15, 0.2) is 0 Å². The molecule has 0 bridgehead atoms. The zero-order chi connectivity index (χ0) is 20.4. The lowest BCUT2D eigenvalue weighted by molar-refractivity contribution is -0.0887. The van der Waals surface area contributed by atoms with Crippen LogP contribution in [0.2, 0.25) is 0 Å². The topological polar surface area (TPSA) is 30.0 Å². The Kier molecular flexibility index (Phi) is 8.19. The summed E-state index contributed by atoms with van der Waals surface area (Å²) in [7, 11) is 4.66. The summed E-state index contributed by atoms with van der Waals surface area (Å²) < 4.78 is 0. The molecule has 4 heteroatoms. The van der Waals surface area contributed by atoms with Gasteiger partial charge in [-0.25, -0.2) is 0 Å². The summed E-state index contributed by atoms with van der Waals surface area (Å²) in [5.74, 6) is 1.39. The highest BCUT2D eigenvalue weighted by atomic mass is 16.3. The highest BCUT2D eigenvalue weighted by Crippen LogP contribution is 2.48. The first-order valence-electron chi connectivity index (χ1n) is 11.6. The second kappa shape index (κ2) is 9.56. The van der Waals surface area contributed by atoms with E-state index in [1.807, 2.05) is 6.92 Å². The molecule has 0 aromatic carbocycles. The van der Waals surface area contributed by atoms with Crippen LogP contribution >= 0.6 is 0 Å². The Balaban J connectivity index is 2.21. The Morgan fingerprint density at radius 2 is 1.85 bits per heavy atom. The number of hydrogen-bond acceptors (Lipinski definition) is 4. The fourth-order valence-corrected chi connectivity index (χ4v) is 6.20. The van der Waals surface area contributed by atoms with Gasteiger partial charge in [0.05, 0.1) is 12.3 Å². The van der Waals surface area contributed by atoms with Crippen LogP contribution in [0.4, 0.5) is 0 Å². The van der Waals surface area contributed by atoms with Gasteiger partial charge in [-0.15, -0.1) is 0 Å². The first-order chi connectivity index (χ1) is 12.7.